The van der Waals surface area contributed by atoms with E-state index in [-0.39, 0.29) is 11.7 Å². The summed E-state index contributed by atoms with van der Waals surface area (Å²) in [7, 11) is 0. The van der Waals surface area contributed by atoms with Crippen LogP contribution in [-0.4, -0.2) is 21.7 Å². The number of ether oxygens (including phenoxy) is 1. The number of esters is 1. The standard InChI is InChI=1S/C20H18FN3O3/c1-3-19-18(12-22-24(19)16-8-4-14(21)5-9-16)20(26)27-17-10-6-15(7-11-17)23-13(2)25/h4-12H,3H2,1-2H3,(H,23,25). The van der Waals surface area contributed by atoms with Crippen molar-refractivity contribution < 1.29 is 18.7 Å². The predicted octanol–water partition coefficient (Wildman–Crippen LogP) is 3.75. The second kappa shape index (κ2) is 7.82. The summed E-state index contributed by atoms with van der Waals surface area (Å²) in [6, 6.07) is 12.3. The van der Waals surface area contributed by atoms with E-state index in [2.05, 4.69) is 10.4 Å². The Hall–Kier alpha value is -3.48. The Morgan fingerprint density at radius 1 is 1.11 bits per heavy atom. The summed E-state index contributed by atoms with van der Waals surface area (Å²) < 4.78 is 20.1. The van der Waals surface area contributed by atoms with E-state index in [1.54, 1.807) is 41.1 Å². The number of nitrogens with zero attached hydrogens (tertiary/aromatic N) is 2. The van der Waals surface area contributed by atoms with Gasteiger partial charge in [-0.25, -0.2) is 13.9 Å². The zero-order chi connectivity index (χ0) is 19.4. The lowest BCUT2D eigenvalue weighted by Gasteiger charge is -2.08. The molecular weight excluding hydrogens is 349 g/mol. The van der Waals surface area contributed by atoms with E-state index in [4.69, 9.17) is 4.74 Å². The average molecular weight is 367 g/mol. The summed E-state index contributed by atoms with van der Waals surface area (Å²) in [5.41, 5.74) is 2.28. The number of aromatic nitrogens is 2. The van der Waals surface area contributed by atoms with Crippen LogP contribution in [0.25, 0.3) is 5.69 Å². The summed E-state index contributed by atoms with van der Waals surface area (Å²) in [5.74, 6) is -0.704. The summed E-state index contributed by atoms with van der Waals surface area (Å²) in [6.45, 7) is 3.31. The van der Waals surface area contributed by atoms with Crippen LogP contribution >= 0.6 is 0 Å². The van der Waals surface area contributed by atoms with E-state index in [1.807, 2.05) is 6.92 Å². The number of rotatable bonds is 5. The van der Waals surface area contributed by atoms with Gasteiger partial charge in [0.2, 0.25) is 5.91 Å². The largest absolute Gasteiger partial charge is 0.423 e. The van der Waals surface area contributed by atoms with Gasteiger partial charge in [0.05, 0.1) is 17.6 Å². The third kappa shape index (κ3) is 4.20. The summed E-state index contributed by atoms with van der Waals surface area (Å²) in [5, 5.41) is 6.88. The van der Waals surface area contributed by atoms with Crippen molar-refractivity contribution in [2.24, 2.45) is 0 Å². The molecule has 6 nitrogen and oxygen atoms in total. The van der Waals surface area contributed by atoms with Crippen LogP contribution in [0.2, 0.25) is 0 Å². The molecule has 0 aliphatic heterocycles. The maximum absolute atomic E-state index is 13.1. The highest BCUT2D eigenvalue weighted by atomic mass is 19.1. The Bertz CT molecular complexity index is 963. The minimum atomic E-state index is -0.535. The molecule has 3 rings (SSSR count). The topological polar surface area (TPSA) is 73.2 Å². The first-order valence-corrected chi connectivity index (χ1v) is 8.40. The van der Waals surface area contributed by atoms with Crippen molar-refractivity contribution in [3.8, 4) is 11.4 Å². The maximum Gasteiger partial charge on any atom is 0.347 e. The molecule has 7 heteroatoms. The minimum Gasteiger partial charge on any atom is -0.423 e. The lowest BCUT2D eigenvalue weighted by molar-refractivity contribution is -0.114. The van der Waals surface area contributed by atoms with Crippen LogP contribution in [0.1, 0.15) is 29.9 Å². The molecule has 1 N–H and O–H groups in total. The van der Waals surface area contributed by atoms with Crippen molar-refractivity contribution in [3.63, 3.8) is 0 Å². The van der Waals surface area contributed by atoms with E-state index >= 15 is 0 Å². The molecule has 1 aromatic heterocycles. The molecule has 0 unspecified atom stereocenters. The molecular formula is C20H18FN3O3. The average Bonchev–Trinajstić information content (AvgIpc) is 3.07. The normalized spacial score (nSPS) is 10.5. The molecule has 3 aromatic rings. The van der Waals surface area contributed by atoms with E-state index in [9.17, 15) is 14.0 Å². The Morgan fingerprint density at radius 3 is 2.37 bits per heavy atom. The summed E-state index contributed by atoms with van der Waals surface area (Å²) >= 11 is 0. The van der Waals surface area contributed by atoms with E-state index in [0.717, 1.165) is 0 Å². The number of carbonyl (C=O) groups is 2. The first-order chi connectivity index (χ1) is 13.0. The van der Waals surface area contributed by atoms with E-state index < -0.39 is 5.97 Å². The van der Waals surface area contributed by atoms with Gasteiger partial charge in [0.15, 0.2) is 0 Å². The molecule has 27 heavy (non-hydrogen) atoms. The monoisotopic (exact) mass is 367 g/mol. The van der Waals surface area contributed by atoms with Crippen molar-refractivity contribution in [3.05, 3.63) is 71.8 Å². The van der Waals surface area contributed by atoms with Gasteiger partial charge in [-0.2, -0.15) is 5.10 Å². The molecule has 1 heterocycles. The molecule has 0 spiro atoms. The molecule has 0 aliphatic carbocycles. The molecule has 0 saturated carbocycles. The number of carbonyl (C=O) groups excluding carboxylic acids is 2. The molecule has 2 aromatic carbocycles. The Kier molecular flexibility index (Phi) is 5.30. The van der Waals surface area contributed by atoms with Crippen LogP contribution in [-0.2, 0) is 11.2 Å². The van der Waals surface area contributed by atoms with Gasteiger partial charge in [-0.05, 0) is 55.0 Å². The van der Waals surface area contributed by atoms with E-state index in [0.29, 0.717) is 34.8 Å². The predicted molar refractivity (Wildman–Crippen MR) is 98.6 cm³/mol. The van der Waals surface area contributed by atoms with Gasteiger partial charge in [0.1, 0.15) is 17.1 Å². The lowest BCUT2D eigenvalue weighted by atomic mass is 10.2. The number of hydrogen-bond donors (Lipinski definition) is 1. The van der Waals surface area contributed by atoms with Crippen LogP contribution in [0.5, 0.6) is 5.75 Å². The first kappa shape index (κ1) is 18.3. The highest BCUT2D eigenvalue weighted by Crippen LogP contribution is 2.20. The fraction of sp³-hybridized carbons (Fsp3) is 0.150. The van der Waals surface area contributed by atoms with Gasteiger partial charge in [0, 0.05) is 12.6 Å². The summed E-state index contributed by atoms with van der Waals surface area (Å²) in [6.07, 6.45) is 1.99. The van der Waals surface area contributed by atoms with Crippen molar-refractivity contribution >= 4 is 17.6 Å². The second-order valence-corrected chi connectivity index (χ2v) is 5.84. The molecule has 1 amide bonds. The van der Waals surface area contributed by atoms with Crippen molar-refractivity contribution in [2.45, 2.75) is 20.3 Å². The van der Waals surface area contributed by atoms with Crippen LogP contribution in [0, 0.1) is 5.82 Å². The van der Waals surface area contributed by atoms with Gasteiger partial charge in [-0.15, -0.1) is 0 Å². The van der Waals surface area contributed by atoms with E-state index in [1.165, 1.54) is 25.3 Å². The molecule has 138 valence electrons. The van der Waals surface area contributed by atoms with Gasteiger partial charge in [-0.3, -0.25) is 4.79 Å². The number of hydrogen-bond acceptors (Lipinski definition) is 4. The van der Waals surface area contributed by atoms with Crippen LogP contribution in [0.4, 0.5) is 10.1 Å². The van der Waals surface area contributed by atoms with Crippen molar-refractivity contribution in [1.29, 1.82) is 0 Å². The Labute approximate surface area is 155 Å². The van der Waals surface area contributed by atoms with Gasteiger partial charge < -0.3 is 10.1 Å². The Balaban J connectivity index is 1.80. The van der Waals surface area contributed by atoms with Crippen LogP contribution in [0.15, 0.2) is 54.7 Å². The number of anilines is 1. The van der Waals surface area contributed by atoms with Gasteiger partial charge >= 0.3 is 5.97 Å². The zero-order valence-corrected chi connectivity index (χ0v) is 14.9. The minimum absolute atomic E-state index is 0.180. The fourth-order valence-corrected chi connectivity index (χ4v) is 2.66. The smallest absolute Gasteiger partial charge is 0.347 e. The molecule has 0 aliphatic rings. The summed E-state index contributed by atoms with van der Waals surface area (Å²) in [4.78, 5) is 23.6. The molecule has 0 bridgehead atoms. The number of benzene rings is 2. The molecule has 0 saturated heterocycles. The quantitative estimate of drug-likeness (QED) is 0.551. The third-order valence-electron chi connectivity index (χ3n) is 3.88. The highest BCUT2D eigenvalue weighted by Gasteiger charge is 2.19. The molecule has 0 atom stereocenters. The number of nitrogens with one attached hydrogen (secondary N) is 1. The SMILES string of the molecule is CCc1c(C(=O)Oc2ccc(NC(C)=O)cc2)cnn1-c1ccc(F)cc1. The Morgan fingerprint density at radius 2 is 1.78 bits per heavy atom. The zero-order valence-electron chi connectivity index (χ0n) is 14.9. The second-order valence-electron chi connectivity index (χ2n) is 5.84. The first-order valence-electron chi connectivity index (χ1n) is 8.40. The lowest BCUT2D eigenvalue weighted by Crippen LogP contribution is -2.12. The van der Waals surface area contributed by atoms with Crippen molar-refractivity contribution in [1.82, 2.24) is 9.78 Å². The third-order valence-corrected chi connectivity index (χ3v) is 3.88. The molecule has 0 radical (unpaired) electrons. The van der Waals surface area contributed by atoms with Crippen molar-refractivity contribution in [2.75, 3.05) is 5.32 Å². The number of halogens is 1. The maximum atomic E-state index is 13.1. The number of amides is 1. The van der Waals surface area contributed by atoms with Crippen LogP contribution in [0.3, 0.4) is 0 Å². The molecule has 0 fully saturated rings. The van der Waals surface area contributed by atoms with Gasteiger partial charge in [0.25, 0.3) is 0 Å². The fourth-order valence-electron chi connectivity index (χ4n) is 2.66. The highest BCUT2D eigenvalue weighted by molar-refractivity contribution is 5.92. The van der Waals surface area contributed by atoms with Crippen LogP contribution < -0.4 is 10.1 Å². The van der Waals surface area contributed by atoms with Gasteiger partial charge in [-0.1, -0.05) is 6.92 Å².